The summed E-state index contributed by atoms with van der Waals surface area (Å²) in [5.41, 5.74) is 5.03. The van der Waals surface area contributed by atoms with E-state index in [1.165, 1.54) is 0 Å². The lowest BCUT2D eigenvalue weighted by atomic mass is 9.82. The van der Waals surface area contributed by atoms with Gasteiger partial charge in [0.15, 0.2) is 0 Å². The molecule has 0 aromatic heterocycles. The maximum Gasteiger partial charge on any atom is 0.314 e. The van der Waals surface area contributed by atoms with Crippen LogP contribution in [0, 0.1) is 17.3 Å². The summed E-state index contributed by atoms with van der Waals surface area (Å²) in [4.78, 5) is 23.3. The first-order valence-corrected chi connectivity index (χ1v) is 6.88. The Kier molecular flexibility index (Phi) is 5.79. The summed E-state index contributed by atoms with van der Waals surface area (Å²) >= 11 is 0. The summed E-state index contributed by atoms with van der Waals surface area (Å²) in [6.07, 6.45) is 3.57. The highest BCUT2D eigenvalue weighted by Gasteiger charge is 2.28. The van der Waals surface area contributed by atoms with Gasteiger partial charge in [0.2, 0.25) is 6.79 Å². The monoisotopic (exact) mass is 271 g/mol. The molecule has 19 heavy (non-hydrogen) atoms. The van der Waals surface area contributed by atoms with Gasteiger partial charge in [0.1, 0.15) is 0 Å². The van der Waals surface area contributed by atoms with Crippen LogP contribution in [0.5, 0.6) is 0 Å². The highest BCUT2D eigenvalue weighted by atomic mass is 16.7. The lowest BCUT2D eigenvalue weighted by molar-refractivity contribution is -0.176. The molecule has 1 rings (SSSR count). The first-order chi connectivity index (χ1) is 8.84. The summed E-state index contributed by atoms with van der Waals surface area (Å²) in [6, 6.07) is 0. The third kappa shape index (κ3) is 5.19. The predicted octanol–water partition coefficient (Wildman–Crippen LogP) is 1.84. The van der Waals surface area contributed by atoms with Gasteiger partial charge in [-0.25, -0.2) is 0 Å². The van der Waals surface area contributed by atoms with E-state index in [9.17, 15) is 9.59 Å². The number of ether oxygens (including phenoxy) is 2. The Balaban J connectivity index is 2.24. The largest absolute Gasteiger partial charge is 0.428 e. The minimum atomic E-state index is -0.578. The third-order valence-electron chi connectivity index (χ3n) is 3.52. The van der Waals surface area contributed by atoms with Crippen molar-refractivity contribution in [2.24, 2.45) is 23.0 Å². The molecular weight excluding hydrogens is 246 g/mol. The zero-order chi connectivity index (χ0) is 14.5. The summed E-state index contributed by atoms with van der Waals surface area (Å²) in [5, 5.41) is 0. The fourth-order valence-corrected chi connectivity index (χ4v) is 2.11. The topological polar surface area (TPSA) is 78.6 Å². The van der Waals surface area contributed by atoms with E-state index in [4.69, 9.17) is 15.2 Å². The minimum absolute atomic E-state index is 0.0730. The number of nitrogens with two attached hydrogens (primary N) is 1. The smallest absolute Gasteiger partial charge is 0.314 e. The summed E-state index contributed by atoms with van der Waals surface area (Å²) < 4.78 is 9.91. The molecule has 5 nitrogen and oxygen atoms in total. The molecule has 0 saturated heterocycles. The molecule has 0 radical (unpaired) electrons. The van der Waals surface area contributed by atoms with Crippen LogP contribution in [0.2, 0.25) is 0 Å². The van der Waals surface area contributed by atoms with E-state index in [1.807, 2.05) is 0 Å². The second-order valence-corrected chi connectivity index (χ2v) is 6.22. The van der Waals surface area contributed by atoms with Gasteiger partial charge >= 0.3 is 11.9 Å². The molecule has 0 spiro atoms. The fraction of sp³-hybridized carbons (Fsp3) is 0.857. The third-order valence-corrected chi connectivity index (χ3v) is 3.52. The van der Waals surface area contributed by atoms with Crippen molar-refractivity contribution in [3.05, 3.63) is 0 Å². The first kappa shape index (κ1) is 16.0. The van der Waals surface area contributed by atoms with E-state index in [1.54, 1.807) is 20.8 Å². The molecule has 1 saturated carbocycles. The normalized spacial score (nSPS) is 23.8. The molecule has 1 aliphatic carbocycles. The second-order valence-electron chi connectivity index (χ2n) is 6.22. The molecule has 0 atom stereocenters. The molecule has 0 aliphatic heterocycles. The number of rotatable bonds is 4. The van der Waals surface area contributed by atoms with Gasteiger partial charge in [-0.1, -0.05) is 0 Å². The maximum absolute atomic E-state index is 11.8. The van der Waals surface area contributed by atoms with Crippen molar-refractivity contribution in [3.8, 4) is 0 Å². The predicted molar refractivity (Wildman–Crippen MR) is 71.0 cm³/mol. The van der Waals surface area contributed by atoms with Crippen LogP contribution in [0.25, 0.3) is 0 Å². The van der Waals surface area contributed by atoms with Crippen molar-refractivity contribution < 1.29 is 19.1 Å². The van der Waals surface area contributed by atoms with Gasteiger partial charge in [-0.05, 0) is 58.9 Å². The van der Waals surface area contributed by atoms with Crippen LogP contribution in [0.1, 0.15) is 46.5 Å². The number of carbonyl (C=O) groups is 2. The molecule has 0 aromatic carbocycles. The van der Waals surface area contributed by atoms with Crippen molar-refractivity contribution in [1.82, 2.24) is 0 Å². The van der Waals surface area contributed by atoms with E-state index in [0.29, 0.717) is 12.5 Å². The standard InChI is InChI=1S/C14H25NO4/c1-14(2,3)13(17)19-9-18-12(16)11-6-4-10(8-15)5-7-11/h10-11H,4-9,15H2,1-3H3/t10-,11-. The van der Waals surface area contributed by atoms with Gasteiger partial charge in [-0.2, -0.15) is 0 Å². The Morgan fingerprint density at radius 1 is 1.11 bits per heavy atom. The van der Waals surface area contributed by atoms with Crippen molar-refractivity contribution in [3.63, 3.8) is 0 Å². The van der Waals surface area contributed by atoms with Crippen LogP contribution in [-0.2, 0) is 19.1 Å². The molecule has 110 valence electrons. The lowest BCUT2D eigenvalue weighted by Crippen LogP contribution is -2.29. The average molecular weight is 271 g/mol. The Hall–Kier alpha value is -1.10. The molecule has 0 bridgehead atoms. The SMILES string of the molecule is CC(C)(C)C(=O)OCOC(=O)[C@H]1CC[C@H](CN)CC1. The zero-order valence-corrected chi connectivity index (χ0v) is 12.1. The average Bonchev–Trinajstić information content (AvgIpc) is 2.37. The summed E-state index contributed by atoms with van der Waals surface area (Å²) in [7, 11) is 0. The quantitative estimate of drug-likeness (QED) is 0.623. The molecule has 0 aromatic rings. The molecule has 1 aliphatic rings. The number of hydrogen-bond acceptors (Lipinski definition) is 5. The number of carbonyl (C=O) groups excluding carboxylic acids is 2. The Bertz CT molecular complexity index is 314. The molecule has 5 heteroatoms. The van der Waals surface area contributed by atoms with E-state index >= 15 is 0 Å². The van der Waals surface area contributed by atoms with Crippen LogP contribution in [0.15, 0.2) is 0 Å². The van der Waals surface area contributed by atoms with Gasteiger partial charge in [-0.3, -0.25) is 9.59 Å². The van der Waals surface area contributed by atoms with E-state index in [2.05, 4.69) is 0 Å². The van der Waals surface area contributed by atoms with Crippen LogP contribution in [0.3, 0.4) is 0 Å². The first-order valence-electron chi connectivity index (χ1n) is 6.88. The highest BCUT2D eigenvalue weighted by Crippen LogP contribution is 2.28. The lowest BCUT2D eigenvalue weighted by Gasteiger charge is -2.26. The molecular formula is C14H25NO4. The van der Waals surface area contributed by atoms with Crippen LogP contribution in [-0.4, -0.2) is 25.3 Å². The van der Waals surface area contributed by atoms with E-state index in [0.717, 1.165) is 25.7 Å². The Labute approximate surface area is 114 Å². The maximum atomic E-state index is 11.8. The van der Waals surface area contributed by atoms with Gasteiger partial charge in [0.25, 0.3) is 0 Å². The van der Waals surface area contributed by atoms with Gasteiger partial charge in [0, 0.05) is 0 Å². The van der Waals surface area contributed by atoms with Gasteiger partial charge < -0.3 is 15.2 Å². The second kappa shape index (κ2) is 6.89. The Morgan fingerprint density at radius 3 is 2.16 bits per heavy atom. The van der Waals surface area contributed by atoms with E-state index < -0.39 is 5.41 Å². The van der Waals surface area contributed by atoms with Crippen LogP contribution >= 0.6 is 0 Å². The molecule has 2 N–H and O–H groups in total. The molecule has 0 heterocycles. The molecule has 0 amide bonds. The van der Waals surface area contributed by atoms with Crippen LogP contribution in [0.4, 0.5) is 0 Å². The van der Waals surface area contributed by atoms with Crippen molar-refractivity contribution >= 4 is 11.9 Å². The highest BCUT2D eigenvalue weighted by molar-refractivity contribution is 5.76. The van der Waals surface area contributed by atoms with Crippen molar-refractivity contribution in [2.75, 3.05) is 13.3 Å². The zero-order valence-electron chi connectivity index (χ0n) is 12.1. The fourth-order valence-electron chi connectivity index (χ4n) is 2.11. The van der Waals surface area contributed by atoms with Crippen molar-refractivity contribution in [1.29, 1.82) is 0 Å². The molecule has 0 unspecified atom stereocenters. The van der Waals surface area contributed by atoms with Gasteiger partial charge in [0.05, 0.1) is 11.3 Å². The Morgan fingerprint density at radius 2 is 1.68 bits per heavy atom. The molecule has 1 fully saturated rings. The van der Waals surface area contributed by atoms with Crippen molar-refractivity contribution in [2.45, 2.75) is 46.5 Å². The summed E-state index contributed by atoms with van der Waals surface area (Å²) in [6.45, 7) is 5.67. The number of esters is 2. The number of hydrogen-bond donors (Lipinski definition) is 1. The van der Waals surface area contributed by atoms with Crippen LogP contribution < -0.4 is 5.73 Å². The van der Waals surface area contributed by atoms with Gasteiger partial charge in [-0.15, -0.1) is 0 Å². The van der Waals surface area contributed by atoms with E-state index in [-0.39, 0.29) is 24.6 Å². The summed E-state index contributed by atoms with van der Waals surface area (Å²) in [5.74, 6) is -0.178. The minimum Gasteiger partial charge on any atom is -0.428 e.